The van der Waals surface area contributed by atoms with Crippen LogP contribution in [0.5, 0.6) is 0 Å². The SMILES string of the molecule is C[C@H](NC(N)=O)C(=O)N1CCC[C@H]1c1cccc(Br)c1. The number of likely N-dealkylation sites (tertiary alicyclic amines) is 1. The number of urea groups is 1. The third-order valence-corrected chi connectivity index (χ3v) is 3.99. The molecular weight excluding hydrogens is 322 g/mol. The second-order valence-electron chi connectivity index (χ2n) is 4.97. The smallest absolute Gasteiger partial charge is 0.312 e. The molecule has 2 rings (SSSR count). The Labute approximate surface area is 126 Å². The Balaban J connectivity index is 2.15. The zero-order chi connectivity index (χ0) is 14.7. The topological polar surface area (TPSA) is 75.4 Å². The summed E-state index contributed by atoms with van der Waals surface area (Å²) >= 11 is 3.45. The Bertz CT molecular complexity index is 521. The van der Waals surface area contributed by atoms with Gasteiger partial charge in [-0.1, -0.05) is 28.1 Å². The summed E-state index contributed by atoms with van der Waals surface area (Å²) in [5, 5.41) is 2.44. The lowest BCUT2D eigenvalue weighted by molar-refractivity contribution is -0.133. The molecule has 0 saturated carbocycles. The third-order valence-electron chi connectivity index (χ3n) is 3.50. The van der Waals surface area contributed by atoms with E-state index in [1.165, 1.54) is 0 Å². The van der Waals surface area contributed by atoms with Crippen LogP contribution in [0.25, 0.3) is 0 Å². The lowest BCUT2D eigenvalue weighted by Crippen LogP contribution is -2.48. The first kappa shape index (κ1) is 14.8. The molecule has 3 N–H and O–H groups in total. The second-order valence-corrected chi connectivity index (χ2v) is 5.89. The van der Waals surface area contributed by atoms with Crippen LogP contribution in [-0.4, -0.2) is 29.4 Å². The highest BCUT2D eigenvalue weighted by molar-refractivity contribution is 9.10. The molecular formula is C14H18BrN3O2. The van der Waals surface area contributed by atoms with Gasteiger partial charge in [0, 0.05) is 11.0 Å². The van der Waals surface area contributed by atoms with Crippen LogP contribution in [0.2, 0.25) is 0 Å². The summed E-state index contributed by atoms with van der Waals surface area (Å²) in [4.78, 5) is 25.1. The highest BCUT2D eigenvalue weighted by atomic mass is 79.9. The van der Waals surface area contributed by atoms with Crippen molar-refractivity contribution in [3.05, 3.63) is 34.3 Å². The molecule has 1 aromatic carbocycles. The number of hydrogen-bond acceptors (Lipinski definition) is 2. The number of amides is 3. The average Bonchev–Trinajstić information content (AvgIpc) is 2.86. The van der Waals surface area contributed by atoms with Crippen LogP contribution in [0.1, 0.15) is 31.4 Å². The summed E-state index contributed by atoms with van der Waals surface area (Å²) in [6, 6.07) is 6.77. The number of benzene rings is 1. The normalized spacial score (nSPS) is 19.7. The van der Waals surface area contributed by atoms with Crippen LogP contribution in [-0.2, 0) is 4.79 Å². The molecule has 20 heavy (non-hydrogen) atoms. The highest BCUT2D eigenvalue weighted by Gasteiger charge is 2.32. The molecule has 3 amide bonds. The molecule has 1 aliphatic rings. The molecule has 1 aromatic rings. The van der Waals surface area contributed by atoms with Gasteiger partial charge >= 0.3 is 6.03 Å². The number of nitrogens with one attached hydrogen (secondary N) is 1. The van der Waals surface area contributed by atoms with Crippen molar-refractivity contribution in [1.29, 1.82) is 0 Å². The van der Waals surface area contributed by atoms with Crippen molar-refractivity contribution in [1.82, 2.24) is 10.2 Å². The number of nitrogens with two attached hydrogens (primary N) is 1. The van der Waals surface area contributed by atoms with E-state index < -0.39 is 12.1 Å². The van der Waals surface area contributed by atoms with Crippen molar-refractivity contribution in [2.45, 2.75) is 31.8 Å². The fraction of sp³-hybridized carbons (Fsp3) is 0.429. The standard InChI is InChI=1S/C14H18BrN3O2/c1-9(17-14(16)20)13(19)18-7-3-6-12(18)10-4-2-5-11(15)8-10/h2,4-5,8-9,12H,3,6-7H2,1H3,(H3,16,17,20)/t9-,12-/m0/s1. The Hall–Kier alpha value is -1.56. The molecule has 2 atom stereocenters. The maximum Gasteiger partial charge on any atom is 0.312 e. The molecule has 108 valence electrons. The van der Waals surface area contributed by atoms with Gasteiger partial charge in [-0.15, -0.1) is 0 Å². The molecule has 1 fully saturated rings. The van der Waals surface area contributed by atoms with Crippen molar-refractivity contribution in [3.63, 3.8) is 0 Å². The van der Waals surface area contributed by atoms with E-state index in [1.807, 2.05) is 29.2 Å². The summed E-state index contributed by atoms with van der Waals surface area (Å²) in [5.41, 5.74) is 6.18. The van der Waals surface area contributed by atoms with E-state index in [4.69, 9.17) is 5.73 Å². The Morgan fingerprint density at radius 1 is 1.50 bits per heavy atom. The van der Waals surface area contributed by atoms with E-state index >= 15 is 0 Å². The van der Waals surface area contributed by atoms with Gasteiger partial charge in [-0.05, 0) is 37.5 Å². The average molecular weight is 340 g/mol. The van der Waals surface area contributed by atoms with E-state index in [-0.39, 0.29) is 11.9 Å². The molecule has 1 saturated heterocycles. The molecule has 0 spiro atoms. The van der Waals surface area contributed by atoms with Gasteiger partial charge in [0.05, 0.1) is 6.04 Å². The number of rotatable bonds is 3. The predicted molar refractivity (Wildman–Crippen MR) is 80.0 cm³/mol. The summed E-state index contributed by atoms with van der Waals surface area (Å²) in [7, 11) is 0. The first-order valence-corrected chi connectivity index (χ1v) is 7.40. The van der Waals surface area contributed by atoms with Crippen molar-refractivity contribution < 1.29 is 9.59 Å². The molecule has 0 aliphatic carbocycles. The highest BCUT2D eigenvalue weighted by Crippen LogP contribution is 2.33. The monoisotopic (exact) mass is 339 g/mol. The van der Waals surface area contributed by atoms with Crippen molar-refractivity contribution in [2.24, 2.45) is 5.73 Å². The van der Waals surface area contributed by atoms with E-state index in [0.717, 1.165) is 22.9 Å². The minimum Gasteiger partial charge on any atom is -0.352 e. The van der Waals surface area contributed by atoms with Gasteiger partial charge in [-0.25, -0.2) is 4.79 Å². The van der Waals surface area contributed by atoms with E-state index in [9.17, 15) is 9.59 Å². The van der Waals surface area contributed by atoms with Crippen LogP contribution in [0, 0.1) is 0 Å². The summed E-state index contributed by atoms with van der Waals surface area (Å²) in [6.45, 7) is 2.37. The molecule has 0 aromatic heterocycles. The molecule has 1 heterocycles. The van der Waals surface area contributed by atoms with Gasteiger partial charge in [0.15, 0.2) is 0 Å². The van der Waals surface area contributed by atoms with Crippen LogP contribution >= 0.6 is 15.9 Å². The van der Waals surface area contributed by atoms with Crippen molar-refractivity contribution in [2.75, 3.05) is 6.54 Å². The third kappa shape index (κ3) is 3.30. The minimum atomic E-state index is -0.677. The number of nitrogens with zero attached hydrogens (tertiary/aromatic N) is 1. The van der Waals surface area contributed by atoms with E-state index in [1.54, 1.807) is 6.92 Å². The molecule has 6 heteroatoms. The van der Waals surface area contributed by atoms with Gasteiger partial charge in [0.2, 0.25) is 5.91 Å². The number of hydrogen-bond donors (Lipinski definition) is 2. The fourth-order valence-corrected chi connectivity index (χ4v) is 3.03. The summed E-state index contributed by atoms with van der Waals surface area (Å²) in [5.74, 6) is -0.0914. The lowest BCUT2D eigenvalue weighted by atomic mass is 10.0. The van der Waals surface area contributed by atoms with Crippen molar-refractivity contribution in [3.8, 4) is 0 Å². The van der Waals surface area contributed by atoms with Crippen LogP contribution in [0.3, 0.4) is 0 Å². The molecule has 1 aliphatic heterocycles. The first-order chi connectivity index (χ1) is 9.49. The summed E-state index contributed by atoms with van der Waals surface area (Å²) < 4.78 is 0.998. The molecule has 0 unspecified atom stereocenters. The first-order valence-electron chi connectivity index (χ1n) is 6.61. The number of carbonyl (C=O) groups is 2. The zero-order valence-electron chi connectivity index (χ0n) is 11.3. The Morgan fingerprint density at radius 2 is 2.25 bits per heavy atom. The number of carbonyl (C=O) groups excluding carboxylic acids is 2. The lowest BCUT2D eigenvalue weighted by Gasteiger charge is -2.28. The Kier molecular flexibility index (Phi) is 4.65. The van der Waals surface area contributed by atoms with Gasteiger partial charge in [0.25, 0.3) is 0 Å². The second kappa shape index (κ2) is 6.26. The maximum atomic E-state index is 12.4. The van der Waals surface area contributed by atoms with Gasteiger partial charge < -0.3 is 16.0 Å². The Morgan fingerprint density at radius 3 is 2.90 bits per heavy atom. The summed E-state index contributed by atoms with van der Waals surface area (Å²) in [6.07, 6.45) is 1.90. The number of primary amides is 1. The van der Waals surface area contributed by atoms with E-state index in [2.05, 4.69) is 21.2 Å². The molecule has 0 radical (unpaired) electrons. The van der Waals surface area contributed by atoms with Crippen LogP contribution < -0.4 is 11.1 Å². The van der Waals surface area contributed by atoms with Crippen molar-refractivity contribution >= 4 is 27.9 Å². The quantitative estimate of drug-likeness (QED) is 0.885. The van der Waals surface area contributed by atoms with Gasteiger partial charge in [-0.2, -0.15) is 0 Å². The molecule has 5 nitrogen and oxygen atoms in total. The molecule has 0 bridgehead atoms. The fourth-order valence-electron chi connectivity index (χ4n) is 2.61. The van der Waals surface area contributed by atoms with E-state index in [0.29, 0.717) is 6.54 Å². The zero-order valence-corrected chi connectivity index (χ0v) is 12.9. The van der Waals surface area contributed by atoms with Gasteiger partial charge in [0.1, 0.15) is 6.04 Å². The van der Waals surface area contributed by atoms with Crippen LogP contribution in [0.4, 0.5) is 4.79 Å². The largest absolute Gasteiger partial charge is 0.352 e. The van der Waals surface area contributed by atoms with Crippen LogP contribution in [0.15, 0.2) is 28.7 Å². The van der Waals surface area contributed by atoms with Gasteiger partial charge in [-0.3, -0.25) is 4.79 Å². The number of halogens is 1. The predicted octanol–water partition coefficient (Wildman–Crippen LogP) is 2.17. The maximum absolute atomic E-state index is 12.4. The minimum absolute atomic E-state index is 0.0668.